The van der Waals surface area contributed by atoms with Crippen LogP contribution in [0.15, 0.2) is 78.9 Å². The van der Waals surface area contributed by atoms with E-state index in [1.807, 2.05) is 61.5 Å². The Bertz CT molecular complexity index is 1350. The van der Waals surface area contributed by atoms with Gasteiger partial charge in [-0.25, -0.2) is 13.4 Å². The lowest BCUT2D eigenvalue weighted by atomic mass is 10.2. The molecule has 0 aliphatic heterocycles. The SMILES string of the molecule is CCOc1cccc2sc(N(Cc3ccccc3)C(=O)CCS(=O)(=O)Cc3ccccc3)nc12. The molecule has 0 unspecified atom stereocenters. The number of para-hydroxylation sites is 1. The molecule has 4 rings (SSSR count). The van der Waals surface area contributed by atoms with Gasteiger partial charge >= 0.3 is 0 Å². The first kappa shape index (κ1) is 23.9. The summed E-state index contributed by atoms with van der Waals surface area (Å²) in [4.78, 5) is 19.6. The van der Waals surface area contributed by atoms with E-state index in [4.69, 9.17) is 9.72 Å². The van der Waals surface area contributed by atoms with Crippen LogP contribution >= 0.6 is 11.3 Å². The fourth-order valence-corrected chi connectivity index (χ4v) is 5.94. The van der Waals surface area contributed by atoms with Gasteiger partial charge in [0.05, 0.1) is 29.4 Å². The smallest absolute Gasteiger partial charge is 0.230 e. The number of carbonyl (C=O) groups excluding carboxylic acids is 1. The molecule has 0 N–H and O–H groups in total. The highest BCUT2D eigenvalue weighted by Crippen LogP contribution is 2.35. The van der Waals surface area contributed by atoms with Crippen molar-refractivity contribution in [3.63, 3.8) is 0 Å². The van der Waals surface area contributed by atoms with Crippen molar-refractivity contribution in [2.45, 2.75) is 25.6 Å². The molecule has 0 aliphatic rings. The van der Waals surface area contributed by atoms with Crippen LogP contribution in [0, 0.1) is 0 Å². The fraction of sp³-hybridized carbons (Fsp3) is 0.231. The lowest BCUT2D eigenvalue weighted by Gasteiger charge is -2.20. The van der Waals surface area contributed by atoms with E-state index in [0.717, 1.165) is 10.3 Å². The first-order valence-electron chi connectivity index (χ1n) is 11.1. The molecule has 0 aliphatic carbocycles. The van der Waals surface area contributed by atoms with E-state index in [1.54, 1.807) is 29.2 Å². The van der Waals surface area contributed by atoms with Crippen LogP contribution in [0.5, 0.6) is 5.75 Å². The highest BCUT2D eigenvalue weighted by atomic mass is 32.2. The molecule has 6 nitrogen and oxygen atoms in total. The van der Waals surface area contributed by atoms with Crippen molar-refractivity contribution in [2.75, 3.05) is 17.3 Å². The summed E-state index contributed by atoms with van der Waals surface area (Å²) >= 11 is 1.39. The Morgan fingerprint density at radius 3 is 2.29 bits per heavy atom. The Morgan fingerprint density at radius 1 is 0.941 bits per heavy atom. The molecule has 0 radical (unpaired) electrons. The van der Waals surface area contributed by atoms with Gasteiger partial charge in [-0.05, 0) is 30.2 Å². The fourth-order valence-electron chi connectivity index (χ4n) is 3.61. The molecular weight excluding hydrogens is 468 g/mol. The first-order valence-corrected chi connectivity index (χ1v) is 13.7. The van der Waals surface area contributed by atoms with E-state index in [1.165, 1.54) is 11.3 Å². The Labute approximate surface area is 203 Å². The molecule has 8 heteroatoms. The number of sulfone groups is 1. The summed E-state index contributed by atoms with van der Waals surface area (Å²) in [6.07, 6.45) is -0.115. The van der Waals surface area contributed by atoms with Gasteiger partial charge in [-0.15, -0.1) is 0 Å². The molecule has 4 aromatic rings. The Kier molecular flexibility index (Phi) is 7.59. The van der Waals surface area contributed by atoms with E-state index in [0.29, 0.717) is 35.1 Å². The molecule has 34 heavy (non-hydrogen) atoms. The van der Waals surface area contributed by atoms with Crippen LogP contribution in [0.25, 0.3) is 10.2 Å². The van der Waals surface area contributed by atoms with Crippen LogP contribution in [-0.2, 0) is 26.9 Å². The van der Waals surface area contributed by atoms with E-state index < -0.39 is 9.84 Å². The number of ether oxygens (including phenoxy) is 1. The van der Waals surface area contributed by atoms with Crippen LogP contribution in [-0.4, -0.2) is 31.7 Å². The number of amides is 1. The minimum absolute atomic E-state index is 0.0847. The van der Waals surface area contributed by atoms with Crippen LogP contribution < -0.4 is 9.64 Å². The molecule has 1 amide bonds. The maximum atomic E-state index is 13.3. The number of benzene rings is 3. The lowest BCUT2D eigenvalue weighted by Crippen LogP contribution is -2.31. The Hall–Kier alpha value is -3.23. The molecule has 0 atom stereocenters. The Balaban J connectivity index is 1.58. The number of hydrogen-bond donors (Lipinski definition) is 0. The number of hydrogen-bond acceptors (Lipinski definition) is 6. The summed E-state index contributed by atoms with van der Waals surface area (Å²) in [7, 11) is -3.44. The second-order valence-corrected chi connectivity index (χ2v) is 11.0. The van der Waals surface area contributed by atoms with Gasteiger partial charge in [-0.2, -0.15) is 0 Å². The van der Waals surface area contributed by atoms with Crippen LogP contribution in [0.3, 0.4) is 0 Å². The molecule has 176 valence electrons. The van der Waals surface area contributed by atoms with Crippen LogP contribution in [0.2, 0.25) is 0 Å². The van der Waals surface area contributed by atoms with Crippen molar-refractivity contribution in [1.82, 2.24) is 4.98 Å². The molecule has 1 heterocycles. The summed E-state index contributed by atoms with van der Waals surface area (Å²) in [5, 5.41) is 0.525. The Morgan fingerprint density at radius 2 is 1.62 bits per heavy atom. The third-order valence-corrected chi connectivity index (χ3v) is 7.89. The molecule has 0 bridgehead atoms. The molecule has 0 fully saturated rings. The molecule has 1 aromatic heterocycles. The van der Waals surface area contributed by atoms with Gasteiger partial charge in [0, 0.05) is 6.42 Å². The summed E-state index contributed by atoms with van der Waals surface area (Å²) in [5.74, 6) is 0.0808. The van der Waals surface area contributed by atoms with Crippen LogP contribution in [0.1, 0.15) is 24.5 Å². The molecule has 3 aromatic carbocycles. The minimum atomic E-state index is -3.44. The van der Waals surface area contributed by atoms with E-state index in [9.17, 15) is 13.2 Å². The third kappa shape index (κ3) is 6.01. The average molecular weight is 495 g/mol. The summed E-state index contributed by atoms with van der Waals surface area (Å²) < 4.78 is 32.0. The molecule has 0 saturated carbocycles. The van der Waals surface area contributed by atoms with Crippen molar-refractivity contribution in [1.29, 1.82) is 0 Å². The number of thiazole rings is 1. The maximum Gasteiger partial charge on any atom is 0.230 e. The summed E-state index contributed by atoms with van der Waals surface area (Å²) in [6, 6.07) is 24.3. The van der Waals surface area contributed by atoms with Gasteiger partial charge in [0.1, 0.15) is 11.3 Å². The highest BCUT2D eigenvalue weighted by Gasteiger charge is 2.23. The highest BCUT2D eigenvalue weighted by molar-refractivity contribution is 7.90. The molecule has 0 saturated heterocycles. The normalized spacial score (nSPS) is 11.4. The number of nitrogens with zero attached hydrogens (tertiary/aromatic N) is 2. The second-order valence-electron chi connectivity index (χ2n) is 7.83. The zero-order valence-corrected chi connectivity index (χ0v) is 20.5. The second kappa shape index (κ2) is 10.8. The van der Waals surface area contributed by atoms with E-state index in [-0.39, 0.29) is 23.8 Å². The maximum absolute atomic E-state index is 13.3. The molecule has 0 spiro atoms. The monoisotopic (exact) mass is 494 g/mol. The number of carbonyl (C=O) groups is 1. The number of fused-ring (bicyclic) bond motifs is 1. The lowest BCUT2D eigenvalue weighted by molar-refractivity contribution is -0.118. The van der Waals surface area contributed by atoms with Gasteiger partial charge in [-0.1, -0.05) is 78.1 Å². The number of rotatable bonds is 10. The topological polar surface area (TPSA) is 76.6 Å². The largest absolute Gasteiger partial charge is 0.492 e. The van der Waals surface area contributed by atoms with Crippen molar-refractivity contribution >= 4 is 42.4 Å². The van der Waals surface area contributed by atoms with Crippen molar-refractivity contribution in [2.24, 2.45) is 0 Å². The predicted molar refractivity (Wildman–Crippen MR) is 137 cm³/mol. The third-order valence-electron chi connectivity index (χ3n) is 5.24. The quantitative estimate of drug-likeness (QED) is 0.302. The van der Waals surface area contributed by atoms with Crippen molar-refractivity contribution < 1.29 is 17.9 Å². The summed E-state index contributed by atoms with van der Waals surface area (Å²) in [6.45, 7) is 2.73. The standard InChI is InChI=1S/C26H26N2O4S2/c1-2-32-22-14-9-15-23-25(22)27-26(33-23)28(18-20-10-5-3-6-11-20)24(29)16-17-34(30,31)19-21-12-7-4-8-13-21/h3-15H,2,16-19H2,1H3. The van der Waals surface area contributed by atoms with Crippen molar-refractivity contribution in [3.8, 4) is 5.75 Å². The average Bonchev–Trinajstić information content (AvgIpc) is 3.27. The van der Waals surface area contributed by atoms with Gasteiger partial charge in [0.2, 0.25) is 5.91 Å². The molecular formula is C26H26N2O4S2. The zero-order chi connectivity index (χ0) is 24.0. The number of anilines is 1. The number of aromatic nitrogens is 1. The van der Waals surface area contributed by atoms with Gasteiger partial charge in [0.25, 0.3) is 0 Å². The summed E-state index contributed by atoms with van der Waals surface area (Å²) in [5.41, 5.74) is 2.35. The van der Waals surface area contributed by atoms with Crippen molar-refractivity contribution in [3.05, 3.63) is 90.0 Å². The minimum Gasteiger partial charge on any atom is -0.492 e. The zero-order valence-electron chi connectivity index (χ0n) is 18.9. The van der Waals surface area contributed by atoms with Gasteiger partial charge in [-0.3, -0.25) is 9.69 Å². The van der Waals surface area contributed by atoms with Gasteiger partial charge in [0.15, 0.2) is 15.0 Å². The van der Waals surface area contributed by atoms with E-state index >= 15 is 0 Å². The van der Waals surface area contributed by atoms with Crippen LogP contribution in [0.4, 0.5) is 5.13 Å². The van der Waals surface area contributed by atoms with E-state index in [2.05, 4.69) is 0 Å². The first-order chi connectivity index (χ1) is 16.4. The predicted octanol–water partition coefficient (Wildman–Crippen LogP) is 5.23. The van der Waals surface area contributed by atoms with Gasteiger partial charge < -0.3 is 4.74 Å².